The molecule has 0 saturated heterocycles. The quantitative estimate of drug-likeness (QED) is 0.235. The number of esters is 1. The van der Waals surface area contributed by atoms with Gasteiger partial charge in [-0.25, -0.2) is 19.6 Å². The number of amides is 2. The van der Waals surface area contributed by atoms with Crippen LogP contribution in [0.25, 0.3) is 5.65 Å². The first-order valence-corrected chi connectivity index (χ1v) is 15.0. The van der Waals surface area contributed by atoms with E-state index in [1.165, 1.54) is 0 Å². The molecule has 0 unspecified atom stereocenters. The molecule has 11 heteroatoms. The molecule has 0 radical (unpaired) electrons. The smallest absolute Gasteiger partial charge is 0.376 e. The molecule has 3 heterocycles. The summed E-state index contributed by atoms with van der Waals surface area (Å²) in [6.45, 7) is 14.4. The highest BCUT2D eigenvalue weighted by molar-refractivity contribution is 5.90. The number of carbonyl (C=O) groups excluding carboxylic acids is 2. The van der Waals surface area contributed by atoms with Crippen molar-refractivity contribution in [1.29, 1.82) is 0 Å². The summed E-state index contributed by atoms with van der Waals surface area (Å²) in [4.78, 5) is 34.3. The van der Waals surface area contributed by atoms with E-state index in [0.717, 1.165) is 34.8 Å². The highest BCUT2D eigenvalue weighted by atomic mass is 16.5. The van der Waals surface area contributed by atoms with Crippen molar-refractivity contribution in [2.24, 2.45) is 5.41 Å². The van der Waals surface area contributed by atoms with Crippen LogP contribution in [0.4, 0.5) is 10.6 Å². The lowest BCUT2D eigenvalue weighted by atomic mass is 9.85. The number of hydrogen-bond donors (Lipinski definition) is 2. The molecule has 2 atom stereocenters. The number of rotatable bonds is 7. The van der Waals surface area contributed by atoms with Crippen molar-refractivity contribution < 1.29 is 19.1 Å². The molecule has 0 spiro atoms. The van der Waals surface area contributed by atoms with E-state index in [9.17, 15) is 9.59 Å². The van der Waals surface area contributed by atoms with Gasteiger partial charge in [-0.1, -0.05) is 65.8 Å². The average molecular weight is 600 g/mol. The number of hydrogen-bond acceptors (Lipinski definition) is 8. The van der Waals surface area contributed by atoms with Crippen molar-refractivity contribution in [3.63, 3.8) is 0 Å². The zero-order chi connectivity index (χ0) is 31.6. The molecular formula is C33H41N7O4. The molecule has 3 aromatic heterocycles. The first-order chi connectivity index (χ1) is 20.8. The number of fused-ring (bicyclic) bond motifs is 2. The fraction of sp³-hybridized carbons (Fsp3) is 0.455. The molecule has 0 aliphatic heterocycles. The van der Waals surface area contributed by atoms with E-state index in [1.807, 2.05) is 67.8 Å². The number of anilines is 1. The predicted molar refractivity (Wildman–Crippen MR) is 167 cm³/mol. The number of nitrogens with zero attached hydrogens (tertiary/aromatic N) is 5. The summed E-state index contributed by atoms with van der Waals surface area (Å²) in [5, 5.41) is 14.6. The third-order valence-corrected chi connectivity index (χ3v) is 7.35. The Kier molecular flexibility index (Phi) is 8.58. The van der Waals surface area contributed by atoms with Crippen molar-refractivity contribution in [1.82, 2.24) is 29.9 Å². The Labute approximate surface area is 257 Å². The summed E-state index contributed by atoms with van der Waals surface area (Å²) in [5.74, 6) is 1.12. The Morgan fingerprint density at radius 3 is 2.43 bits per heavy atom. The molecule has 1 aliphatic rings. The van der Waals surface area contributed by atoms with Gasteiger partial charge in [-0.2, -0.15) is 0 Å². The molecule has 2 amide bonds. The van der Waals surface area contributed by atoms with Gasteiger partial charge in [0.2, 0.25) is 5.82 Å². The van der Waals surface area contributed by atoms with Crippen molar-refractivity contribution in [3.8, 4) is 5.75 Å². The molecule has 1 aromatic carbocycles. The molecule has 1 aliphatic carbocycles. The summed E-state index contributed by atoms with van der Waals surface area (Å²) < 4.78 is 13.6. The monoisotopic (exact) mass is 599 g/mol. The summed E-state index contributed by atoms with van der Waals surface area (Å²) in [6.07, 6.45) is 3.93. The summed E-state index contributed by atoms with van der Waals surface area (Å²) >= 11 is 0. The van der Waals surface area contributed by atoms with E-state index in [-0.39, 0.29) is 41.2 Å². The van der Waals surface area contributed by atoms with Crippen LogP contribution in [-0.2, 0) is 16.6 Å². The highest BCUT2D eigenvalue weighted by Gasteiger charge is 2.30. The van der Waals surface area contributed by atoms with E-state index in [1.54, 1.807) is 13.0 Å². The van der Waals surface area contributed by atoms with Crippen molar-refractivity contribution in [2.45, 2.75) is 85.3 Å². The minimum Gasteiger partial charge on any atom is -0.484 e. The molecule has 44 heavy (non-hydrogen) atoms. The van der Waals surface area contributed by atoms with Gasteiger partial charge in [0, 0.05) is 17.9 Å². The lowest BCUT2D eigenvalue weighted by Gasteiger charge is -2.32. The van der Waals surface area contributed by atoms with Gasteiger partial charge in [0.25, 0.3) is 0 Å². The first-order valence-electron chi connectivity index (χ1n) is 15.0. The van der Waals surface area contributed by atoms with E-state index in [0.29, 0.717) is 18.5 Å². The van der Waals surface area contributed by atoms with Crippen LogP contribution in [0, 0.1) is 5.41 Å². The Balaban J connectivity index is 1.32. The van der Waals surface area contributed by atoms with Gasteiger partial charge in [0.05, 0.1) is 24.5 Å². The summed E-state index contributed by atoms with van der Waals surface area (Å²) in [5.41, 5.74) is 3.10. The third kappa shape index (κ3) is 7.15. The largest absolute Gasteiger partial charge is 0.484 e. The molecule has 2 N–H and O–H groups in total. The van der Waals surface area contributed by atoms with E-state index in [2.05, 4.69) is 51.6 Å². The van der Waals surface area contributed by atoms with Crippen molar-refractivity contribution in [2.75, 3.05) is 11.9 Å². The molecule has 0 saturated carbocycles. The third-order valence-electron chi connectivity index (χ3n) is 7.35. The topological polar surface area (TPSA) is 133 Å². The number of nitrogens with one attached hydrogen (secondary N) is 2. The second-order valence-electron chi connectivity index (χ2n) is 13.3. The van der Waals surface area contributed by atoms with E-state index >= 15 is 0 Å². The van der Waals surface area contributed by atoms with Gasteiger partial charge in [-0.3, -0.25) is 9.72 Å². The Hall–Kier alpha value is -4.54. The maximum atomic E-state index is 13.2. The number of ether oxygens (including phenoxy) is 2. The lowest BCUT2D eigenvalue weighted by Crippen LogP contribution is -2.36. The van der Waals surface area contributed by atoms with Gasteiger partial charge in [0.1, 0.15) is 23.5 Å². The SMILES string of the molecule is CCOC(=O)c1nc(NC(=O)N[C@H]2CC[C@@H](Oc3ccc4nnc(CC(C)(C)C)n4c3)c3ccccc32)cc(C(C)(C)C)n1. The minimum absolute atomic E-state index is 0.0714. The van der Waals surface area contributed by atoms with Crippen LogP contribution in [0.15, 0.2) is 48.7 Å². The van der Waals surface area contributed by atoms with Gasteiger partial charge >= 0.3 is 12.0 Å². The molecule has 232 valence electrons. The second kappa shape index (κ2) is 12.2. The first kappa shape index (κ1) is 30.9. The maximum absolute atomic E-state index is 13.2. The van der Waals surface area contributed by atoms with Crippen LogP contribution in [-0.4, -0.2) is 43.2 Å². The zero-order valence-corrected chi connectivity index (χ0v) is 26.5. The number of carbonyl (C=O) groups is 2. The normalized spacial score (nSPS) is 16.7. The van der Waals surface area contributed by atoms with Crippen LogP contribution in [0.2, 0.25) is 0 Å². The summed E-state index contributed by atoms with van der Waals surface area (Å²) in [6, 6.07) is 12.9. The molecule has 0 fully saturated rings. The minimum atomic E-state index is -0.636. The van der Waals surface area contributed by atoms with Gasteiger partial charge < -0.3 is 14.8 Å². The lowest BCUT2D eigenvalue weighted by molar-refractivity contribution is 0.0511. The number of aromatic nitrogens is 5. The fourth-order valence-electron chi connectivity index (χ4n) is 5.26. The summed E-state index contributed by atoms with van der Waals surface area (Å²) in [7, 11) is 0. The van der Waals surface area contributed by atoms with Crippen molar-refractivity contribution in [3.05, 3.63) is 77.1 Å². The molecular weight excluding hydrogens is 558 g/mol. The van der Waals surface area contributed by atoms with Gasteiger partial charge in [0.15, 0.2) is 5.65 Å². The van der Waals surface area contributed by atoms with E-state index < -0.39 is 12.0 Å². The Morgan fingerprint density at radius 1 is 0.977 bits per heavy atom. The average Bonchev–Trinajstić information content (AvgIpc) is 3.34. The molecule has 0 bridgehead atoms. The van der Waals surface area contributed by atoms with Crippen LogP contribution in [0.5, 0.6) is 5.75 Å². The van der Waals surface area contributed by atoms with E-state index in [4.69, 9.17) is 9.47 Å². The zero-order valence-electron chi connectivity index (χ0n) is 26.5. The molecule has 11 nitrogen and oxygen atoms in total. The second-order valence-corrected chi connectivity index (χ2v) is 13.3. The fourth-order valence-corrected chi connectivity index (χ4v) is 5.26. The number of urea groups is 1. The Morgan fingerprint density at radius 2 is 1.73 bits per heavy atom. The molecule has 5 rings (SSSR count). The number of benzene rings is 1. The van der Waals surface area contributed by atoms with Crippen LogP contribution in [0.1, 0.15) is 107 Å². The van der Waals surface area contributed by atoms with Crippen molar-refractivity contribution >= 4 is 23.5 Å². The molecule has 4 aromatic rings. The predicted octanol–water partition coefficient (Wildman–Crippen LogP) is 6.36. The highest BCUT2D eigenvalue weighted by Crippen LogP contribution is 2.39. The van der Waals surface area contributed by atoms with Crippen LogP contribution in [0.3, 0.4) is 0 Å². The van der Waals surface area contributed by atoms with Crippen LogP contribution >= 0.6 is 0 Å². The van der Waals surface area contributed by atoms with Gasteiger partial charge in [-0.05, 0) is 48.4 Å². The standard InChI is InChI=1S/C33H41N7O4/c1-8-43-30(41)29-35-25(33(5,6)7)17-26(36-29)37-31(42)34-23-14-15-24(22-12-10-9-11-21(22)23)44-20-13-16-27-38-39-28(40(27)19-20)18-32(2,3)4/h9-13,16-17,19,23-24H,8,14-15,18H2,1-7H3,(H2,34,35,36,37,42)/t23-,24+/m0/s1. The Bertz CT molecular complexity index is 1670. The van der Waals surface area contributed by atoms with Crippen LogP contribution < -0.4 is 15.4 Å². The van der Waals surface area contributed by atoms with Gasteiger partial charge in [-0.15, -0.1) is 10.2 Å². The maximum Gasteiger partial charge on any atom is 0.376 e. The number of pyridine rings is 1.